The summed E-state index contributed by atoms with van der Waals surface area (Å²) >= 11 is 0. The summed E-state index contributed by atoms with van der Waals surface area (Å²) in [7, 11) is 0. The maximum atomic E-state index is 12.9. The van der Waals surface area contributed by atoms with Crippen LogP contribution in [0.4, 0.5) is 4.39 Å². The number of rotatable bonds is 5. The van der Waals surface area contributed by atoms with Gasteiger partial charge in [-0.1, -0.05) is 30.3 Å². The van der Waals surface area contributed by atoms with E-state index in [1.54, 1.807) is 31.2 Å². The summed E-state index contributed by atoms with van der Waals surface area (Å²) in [5, 5.41) is 3.50. The number of halogens is 1. The Morgan fingerprint density at radius 2 is 1.84 bits per heavy atom. The summed E-state index contributed by atoms with van der Waals surface area (Å²) in [6.07, 6.45) is 1.40. The molecule has 25 heavy (non-hydrogen) atoms. The summed E-state index contributed by atoms with van der Waals surface area (Å²) in [5.41, 5.74) is 1.49. The van der Waals surface area contributed by atoms with Crippen LogP contribution in [0.15, 0.2) is 57.7 Å². The molecule has 0 radical (unpaired) electrons. The lowest BCUT2D eigenvalue weighted by Crippen LogP contribution is -2.30. The minimum Gasteiger partial charge on any atom is -0.422 e. The van der Waals surface area contributed by atoms with Crippen LogP contribution >= 0.6 is 0 Å². The minimum atomic E-state index is -0.632. The quantitative estimate of drug-likeness (QED) is 0.571. The molecule has 2 aromatic carbocycles. The van der Waals surface area contributed by atoms with Gasteiger partial charge in [0.25, 0.3) is 5.91 Å². The monoisotopic (exact) mass is 339 g/mol. The Labute approximate surface area is 144 Å². The molecule has 0 aliphatic carbocycles. The van der Waals surface area contributed by atoms with Gasteiger partial charge in [-0.05, 0) is 49.1 Å². The van der Waals surface area contributed by atoms with Crippen molar-refractivity contribution in [2.75, 3.05) is 6.54 Å². The highest BCUT2D eigenvalue weighted by atomic mass is 19.1. The van der Waals surface area contributed by atoms with Gasteiger partial charge in [-0.15, -0.1) is 0 Å². The van der Waals surface area contributed by atoms with E-state index < -0.39 is 11.5 Å². The average Bonchev–Trinajstić information content (AvgIpc) is 2.60. The van der Waals surface area contributed by atoms with Crippen LogP contribution in [0, 0.1) is 12.7 Å². The highest BCUT2D eigenvalue weighted by molar-refractivity contribution is 5.99. The van der Waals surface area contributed by atoms with Crippen molar-refractivity contribution in [2.24, 2.45) is 0 Å². The van der Waals surface area contributed by atoms with Gasteiger partial charge in [0.15, 0.2) is 0 Å². The Kier molecular flexibility index (Phi) is 4.93. The van der Waals surface area contributed by atoms with Crippen LogP contribution in [-0.2, 0) is 6.42 Å². The van der Waals surface area contributed by atoms with Gasteiger partial charge >= 0.3 is 5.63 Å². The maximum absolute atomic E-state index is 12.9. The normalized spacial score (nSPS) is 10.8. The van der Waals surface area contributed by atoms with E-state index >= 15 is 0 Å². The number of hydrogen-bond donors (Lipinski definition) is 1. The van der Waals surface area contributed by atoms with Crippen LogP contribution in [0.3, 0.4) is 0 Å². The number of amides is 1. The topological polar surface area (TPSA) is 59.3 Å². The van der Waals surface area contributed by atoms with Gasteiger partial charge in [-0.2, -0.15) is 0 Å². The first-order chi connectivity index (χ1) is 12.1. The first kappa shape index (κ1) is 16.9. The molecule has 0 fully saturated rings. The van der Waals surface area contributed by atoms with Gasteiger partial charge in [0.05, 0.1) is 0 Å². The van der Waals surface area contributed by atoms with Crippen molar-refractivity contribution in [1.82, 2.24) is 5.32 Å². The molecule has 0 saturated carbocycles. The van der Waals surface area contributed by atoms with Crippen LogP contribution in [0.25, 0.3) is 11.0 Å². The SMILES string of the molecule is Cc1c(C(=O)NCCCc2ccc(F)cc2)c(=O)oc2ccccc12. The van der Waals surface area contributed by atoms with Gasteiger partial charge in [0.2, 0.25) is 0 Å². The second kappa shape index (κ2) is 7.30. The fourth-order valence-electron chi connectivity index (χ4n) is 2.80. The second-order valence-corrected chi connectivity index (χ2v) is 5.87. The zero-order valence-corrected chi connectivity index (χ0v) is 13.8. The molecular formula is C20H18FNO3. The molecule has 1 amide bonds. The molecule has 0 unspecified atom stereocenters. The van der Waals surface area contributed by atoms with Crippen LogP contribution in [0.5, 0.6) is 0 Å². The largest absolute Gasteiger partial charge is 0.422 e. The number of carbonyl (C=O) groups excluding carboxylic acids is 1. The van der Waals surface area contributed by atoms with Crippen molar-refractivity contribution in [1.29, 1.82) is 0 Å². The van der Waals surface area contributed by atoms with E-state index in [4.69, 9.17) is 4.42 Å². The van der Waals surface area contributed by atoms with Crippen LogP contribution in [0.1, 0.15) is 27.9 Å². The fraction of sp³-hybridized carbons (Fsp3) is 0.200. The maximum Gasteiger partial charge on any atom is 0.349 e. The lowest BCUT2D eigenvalue weighted by Gasteiger charge is -2.08. The standard InChI is InChI=1S/C20H18FNO3/c1-13-16-6-2-3-7-17(16)25-20(24)18(13)19(23)22-12-4-5-14-8-10-15(21)11-9-14/h2-3,6-11H,4-5,12H2,1H3,(H,22,23). The number of fused-ring (bicyclic) bond motifs is 1. The summed E-state index contributed by atoms with van der Waals surface area (Å²) < 4.78 is 18.1. The fourth-order valence-corrected chi connectivity index (χ4v) is 2.80. The molecule has 1 aromatic heterocycles. The Morgan fingerprint density at radius 1 is 1.12 bits per heavy atom. The third kappa shape index (κ3) is 3.76. The Hall–Kier alpha value is -2.95. The number of aryl methyl sites for hydroxylation is 2. The molecule has 0 bridgehead atoms. The van der Waals surface area contributed by atoms with E-state index in [0.717, 1.165) is 10.9 Å². The van der Waals surface area contributed by atoms with Gasteiger partial charge in [0, 0.05) is 11.9 Å². The molecule has 5 heteroatoms. The number of carbonyl (C=O) groups is 1. The molecule has 0 aliphatic heterocycles. The van der Waals surface area contributed by atoms with Crippen molar-refractivity contribution < 1.29 is 13.6 Å². The predicted molar refractivity (Wildman–Crippen MR) is 94.3 cm³/mol. The minimum absolute atomic E-state index is 0.0421. The lowest BCUT2D eigenvalue weighted by atomic mass is 10.1. The third-order valence-electron chi connectivity index (χ3n) is 4.14. The van der Waals surface area contributed by atoms with Crippen molar-refractivity contribution in [3.05, 3.63) is 81.5 Å². The zero-order valence-electron chi connectivity index (χ0n) is 13.8. The first-order valence-corrected chi connectivity index (χ1v) is 8.11. The van der Waals surface area contributed by atoms with E-state index in [-0.39, 0.29) is 11.4 Å². The predicted octanol–water partition coefficient (Wildman–Crippen LogP) is 3.60. The molecule has 1 N–H and O–H groups in total. The number of benzene rings is 2. The second-order valence-electron chi connectivity index (χ2n) is 5.87. The van der Waals surface area contributed by atoms with Gasteiger partial charge < -0.3 is 9.73 Å². The smallest absolute Gasteiger partial charge is 0.349 e. The number of hydrogen-bond acceptors (Lipinski definition) is 3. The Bertz CT molecular complexity index is 961. The molecular weight excluding hydrogens is 321 g/mol. The van der Waals surface area contributed by atoms with Gasteiger partial charge in [0.1, 0.15) is 17.0 Å². The van der Waals surface area contributed by atoms with Gasteiger partial charge in [-0.25, -0.2) is 9.18 Å². The summed E-state index contributed by atoms with van der Waals surface area (Å²) in [5.74, 6) is -0.702. The van der Waals surface area contributed by atoms with E-state index in [0.29, 0.717) is 30.5 Å². The van der Waals surface area contributed by atoms with Crippen molar-refractivity contribution in [3.8, 4) is 0 Å². The zero-order chi connectivity index (χ0) is 17.8. The Morgan fingerprint density at radius 3 is 2.60 bits per heavy atom. The van der Waals surface area contributed by atoms with Crippen molar-refractivity contribution >= 4 is 16.9 Å². The highest BCUT2D eigenvalue weighted by Crippen LogP contribution is 2.18. The molecule has 0 aliphatic rings. The van der Waals surface area contributed by atoms with Gasteiger partial charge in [-0.3, -0.25) is 4.79 Å². The number of nitrogens with one attached hydrogen (secondary N) is 1. The molecule has 0 atom stereocenters. The van der Waals surface area contributed by atoms with Crippen LogP contribution in [-0.4, -0.2) is 12.5 Å². The van der Waals surface area contributed by atoms with E-state index in [2.05, 4.69) is 5.32 Å². The molecule has 1 heterocycles. The average molecular weight is 339 g/mol. The molecule has 128 valence electrons. The summed E-state index contributed by atoms with van der Waals surface area (Å²) in [6.45, 7) is 2.16. The molecule has 0 saturated heterocycles. The van der Waals surface area contributed by atoms with Crippen LogP contribution < -0.4 is 10.9 Å². The molecule has 3 aromatic rings. The van der Waals surface area contributed by atoms with Crippen molar-refractivity contribution in [3.63, 3.8) is 0 Å². The Balaban J connectivity index is 1.66. The third-order valence-corrected chi connectivity index (χ3v) is 4.14. The lowest BCUT2D eigenvalue weighted by molar-refractivity contribution is 0.0949. The molecule has 3 rings (SSSR count). The summed E-state index contributed by atoms with van der Waals surface area (Å²) in [6, 6.07) is 13.4. The van der Waals surface area contributed by atoms with E-state index in [9.17, 15) is 14.0 Å². The van der Waals surface area contributed by atoms with Crippen molar-refractivity contribution in [2.45, 2.75) is 19.8 Å². The van der Waals surface area contributed by atoms with Crippen LogP contribution in [0.2, 0.25) is 0 Å². The molecule has 4 nitrogen and oxygen atoms in total. The summed E-state index contributed by atoms with van der Waals surface area (Å²) in [4.78, 5) is 24.5. The molecule has 0 spiro atoms. The highest BCUT2D eigenvalue weighted by Gasteiger charge is 2.17. The number of para-hydroxylation sites is 1. The van der Waals surface area contributed by atoms with E-state index in [1.165, 1.54) is 12.1 Å². The first-order valence-electron chi connectivity index (χ1n) is 8.11. The van der Waals surface area contributed by atoms with E-state index in [1.807, 2.05) is 12.1 Å².